The summed E-state index contributed by atoms with van der Waals surface area (Å²) in [6.07, 6.45) is 5.68. The van der Waals surface area contributed by atoms with Gasteiger partial charge in [0.25, 0.3) is 5.91 Å². The Hall–Kier alpha value is -0.770. The van der Waals surface area contributed by atoms with E-state index in [0.717, 1.165) is 32.2 Å². The summed E-state index contributed by atoms with van der Waals surface area (Å²) < 4.78 is 5.97. The summed E-state index contributed by atoms with van der Waals surface area (Å²) in [5.41, 5.74) is 0. The molecule has 2 heterocycles. The van der Waals surface area contributed by atoms with Crippen molar-refractivity contribution in [1.82, 2.24) is 4.90 Å². The van der Waals surface area contributed by atoms with Crippen LogP contribution in [0.1, 0.15) is 49.6 Å². The summed E-state index contributed by atoms with van der Waals surface area (Å²) in [5.74, 6) is 0.480. The van der Waals surface area contributed by atoms with Crippen molar-refractivity contribution in [2.45, 2.75) is 45.1 Å². The molecule has 1 atom stereocenters. The number of piperidine rings is 1. The van der Waals surface area contributed by atoms with Crippen molar-refractivity contribution in [1.29, 1.82) is 0 Å². The minimum atomic E-state index is 0.0360. The second-order valence-electron chi connectivity index (χ2n) is 4.54. The van der Waals surface area contributed by atoms with Crippen LogP contribution < -0.4 is 0 Å². The fraction of sp³-hybridized carbons (Fsp3) is 0.615. The van der Waals surface area contributed by atoms with Crippen LogP contribution in [0.5, 0.6) is 0 Å². The average Bonchev–Trinajstić information content (AvgIpc) is 2.76. The number of furan rings is 1. The highest BCUT2D eigenvalue weighted by atomic mass is 79.9. The van der Waals surface area contributed by atoms with Gasteiger partial charge in [-0.05, 0) is 53.7 Å². The first-order chi connectivity index (χ1) is 8.22. The number of hydrogen-bond acceptors (Lipinski definition) is 2. The molecule has 1 fully saturated rings. The molecule has 0 spiro atoms. The molecule has 0 aliphatic carbocycles. The third-order valence-corrected chi connectivity index (χ3v) is 3.72. The molecule has 0 aromatic carbocycles. The van der Waals surface area contributed by atoms with E-state index in [9.17, 15) is 4.79 Å². The Balaban J connectivity index is 2.10. The first-order valence-corrected chi connectivity index (χ1v) is 7.08. The van der Waals surface area contributed by atoms with Gasteiger partial charge in [0.1, 0.15) is 0 Å². The van der Waals surface area contributed by atoms with E-state index in [-0.39, 0.29) is 5.91 Å². The van der Waals surface area contributed by atoms with Crippen LogP contribution in [0.15, 0.2) is 21.2 Å². The molecule has 1 unspecified atom stereocenters. The molecular weight excluding hydrogens is 282 g/mol. The van der Waals surface area contributed by atoms with Crippen LogP contribution in [0.25, 0.3) is 0 Å². The van der Waals surface area contributed by atoms with E-state index in [1.165, 1.54) is 6.42 Å². The smallest absolute Gasteiger partial charge is 0.289 e. The van der Waals surface area contributed by atoms with E-state index < -0.39 is 0 Å². The van der Waals surface area contributed by atoms with Gasteiger partial charge in [0.05, 0.1) is 0 Å². The summed E-state index contributed by atoms with van der Waals surface area (Å²) in [6, 6.07) is 3.90. The van der Waals surface area contributed by atoms with Gasteiger partial charge in [0, 0.05) is 12.6 Å². The molecule has 1 aromatic rings. The number of likely N-dealkylation sites (tertiary alicyclic amines) is 1. The number of hydrogen-bond donors (Lipinski definition) is 0. The zero-order valence-corrected chi connectivity index (χ0v) is 11.7. The Morgan fingerprint density at radius 3 is 3.00 bits per heavy atom. The summed E-state index contributed by atoms with van der Waals surface area (Å²) in [4.78, 5) is 14.3. The molecule has 4 heteroatoms. The van der Waals surface area contributed by atoms with E-state index >= 15 is 0 Å². The second-order valence-corrected chi connectivity index (χ2v) is 5.32. The predicted molar refractivity (Wildman–Crippen MR) is 70.0 cm³/mol. The fourth-order valence-corrected chi connectivity index (χ4v) is 2.78. The van der Waals surface area contributed by atoms with Gasteiger partial charge in [0.15, 0.2) is 10.4 Å². The van der Waals surface area contributed by atoms with Crippen molar-refractivity contribution in [3.05, 3.63) is 22.6 Å². The van der Waals surface area contributed by atoms with Crippen LogP contribution in [0.2, 0.25) is 0 Å². The Labute approximate surface area is 110 Å². The van der Waals surface area contributed by atoms with Crippen molar-refractivity contribution >= 4 is 21.8 Å². The number of rotatable bonds is 3. The maximum absolute atomic E-state index is 12.3. The number of carbonyl (C=O) groups excluding carboxylic acids is 1. The molecule has 0 N–H and O–H groups in total. The molecule has 0 radical (unpaired) electrons. The standard InChI is InChI=1S/C13H18BrNO2/c1-2-5-10-6-3-4-9-15(10)13(16)11-7-8-12(14)17-11/h7-8,10H,2-6,9H2,1H3. The highest BCUT2D eigenvalue weighted by molar-refractivity contribution is 9.10. The summed E-state index contributed by atoms with van der Waals surface area (Å²) >= 11 is 3.23. The lowest BCUT2D eigenvalue weighted by atomic mass is 9.98. The molecule has 0 saturated carbocycles. The third-order valence-electron chi connectivity index (χ3n) is 3.29. The summed E-state index contributed by atoms with van der Waals surface area (Å²) in [5, 5.41) is 0. The lowest BCUT2D eigenvalue weighted by Crippen LogP contribution is -2.43. The van der Waals surface area contributed by atoms with Crippen molar-refractivity contribution < 1.29 is 9.21 Å². The van der Waals surface area contributed by atoms with Gasteiger partial charge >= 0.3 is 0 Å². The Morgan fingerprint density at radius 2 is 2.35 bits per heavy atom. The van der Waals surface area contributed by atoms with E-state index in [2.05, 4.69) is 22.9 Å². The van der Waals surface area contributed by atoms with Gasteiger partial charge in [-0.3, -0.25) is 4.79 Å². The largest absolute Gasteiger partial charge is 0.444 e. The highest BCUT2D eigenvalue weighted by Crippen LogP contribution is 2.24. The zero-order valence-electron chi connectivity index (χ0n) is 10.1. The molecule has 0 bridgehead atoms. The van der Waals surface area contributed by atoms with Crippen molar-refractivity contribution in [3.8, 4) is 0 Å². The van der Waals surface area contributed by atoms with E-state index in [1.807, 2.05) is 4.90 Å². The van der Waals surface area contributed by atoms with Crippen LogP contribution in [0, 0.1) is 0 Å². The maximum atomic E-state index is 12.3. The first-order valence-electron chi connectivity index (χ1n) is 6.28. The molecule has 94 valence electrons. The monoisotopic (exact) mass is 299 g/mol. The van der Waals surface area contributed by atoms with Gasteiger partial charge < -0.3 is 9.32 Å². The lowest BCUT2D eigenvalue weighted by molar-refractivity contribution is 0.0567. The van der Waals surface area contributed by atoms with Gasteiger partial charge in [-0.25, -0.2) is 0 Å². The molecular formula is C13H18BrNO2. The number of carbonyl (C=O) groups is 1. The van der Waals surface area contributed by atoms with E-state index in [1.54, 1.807) is 12.1 Å². The van der Waals surface area contributed by atoms with Gasteiger partial charge in [-0.15, -0.1) is 0 Å². The number of nitrogens with zero attached hydrogens (tertiary/aromatic N) is 1. The van der Waals surface area contributed by atoms with Crippen molar-refractivity contribution in [3.63, 3.8) is 0 Å². The van der Waals surface area contributed by atoms with Crippen LogP contribution in [0.4, 0.5) is 0 Å². The summed E-state index contributed by atoms with van der Waals surface area (Å²) in [7, 11) is 0. The second kappa shape index (κ2) is 5.71. The van der Waals surface area contributed by atoms with E-state index in [0.29, 0.717) is 16.5 Å². The lowest BCUT2D eigenvalue weighted by Gasteiger charge is -2.35. The molecule has 2 rings (SSSR count). The minimum absolute atomic E-state index is 0.0360. The van der Waals surface area contributed by atoms with Crippen LogP contribution in [0.3, 0.4) is 0 Å². The minimum Gasteiger partial charge on any atom is -0.444 e. The Bertz CT molecular complexity index is 387. The highest BCUT2D eigenvalue weighted by Gasteiger charge is 2.28. The molecule has 1 saturated heterocycles. The van der Waals surface area contributed by atoms with Crippen LogP contribution >= 0.6 is 15.9 Å². The Kier molecular flexibility index (Phi) is 4.26. The van der Waals surface area contributed by atoms with E-state index in [4.69, 9.17) is 4.42 Å². The van der Waals surface area contributed by atoms with Gasteiger partial charge in [-0.1, -0.05) is 13.3 Å². The molecule has 1 aromatic heterocycles. The number of halogens is 1. The fourth-order valence-electron chi connectivity index (χ4n) is 2.47. The number of amides is 1. The Morgan fingerprint density at radius 1 is 1.53 bits per heavy atom. The third kappa shape index (κ3) is 2.92. The molecule has 17 heavy (non-hydrogen) atoms. The topological polar surface area (TPSA) is 33.5 Å². The normalized spacial score (nSPS) is 20.6. The van der Waals surface area contributed by atoms with Gasteiger partial charge in [0.2, 0.25) is 0 Å². The SMILES string of the molecule is CCCC1CCCCN1C(=O)c1ccc(Br)o1. The van der Waals surface area contributed by atoms with Crippen molar-refractivity contribution in [2.24, 2.45) is 0 Å². The molecule has 1 amide bonds. The van der Waals surface area contributed by atoms with Crippen molar-refractivity contribution in [2.75, 3.05) is 6.54 Å². The maximum Gasteiger partial charge on any atom is 0.289 e. The first kappa shape index (κ1) is 12.7. The summed E-state index contributed by atoms with van der Waals surface area (Å²) in [6.45, 7) is 3.03. The molecule has 3 nitrogen and oxygen atoms in total. The predicted octanol–water partition coefficient (Wildman–Crippen LogP) is 3.84. The van der Waals surface area contributed by atoms with Crippen LogP contribution in [-0.2, 0) is 0 Å². The quantitative estimate of drug-likeness (QED) is 0.850. The zero-order chi connectivity index (χ0) is 12.3. The van der Waals surface area contributed by atoms with Gasteiger partial charge in [-0.2, -0.15) is 0 Å². The molecule has 1 aliphatic rings. The van der Waals surface area contributed by atoms with Crippen LogP contribution in [-0.4, -0.2) is 23.4 Å². The average molecular weight is 300 g/mol. The molecule has 1 aliphatic heterocycles.